The second-order valence-corrected chi connectivity index (χ2v) is 5.95. The molecule has 3 heterocycles. The van der Waals surface area contributed by atoms with Gasteiger partial charge in [-0.1, -0.05) is 0 Å². The van der Waals surface area contributed by atoms with Gasteiger partial charge < -0.3 is 15.5 Å². The van der Waals surface area contributed by atoms with E-state index in [0.29, 0.717) is 37.3 Å². The van der Waals surface area contributed by atoms with Crippen LogP contribution in [0.5, 0.6) is 0 Å². The SMILES string of the molecule is N#Cc1cccnc1N1CCC(NC(=O)CN2C(=O)CNC2=O)CC1. The van der Waals surface area contributed by atoms with Crippen molar-refractivity contribution in [3.8, 4) is 6.07 Å². The Labute approximate surface area is 144 Å². The summed E-state index contributed by atoms with van der Waals surface area (Å²) >= 11 is 0. The quantitative estimate of drug-likeness (QED) is 0.718. The minimum atomic E-state index is -0.533. The van der Waals surface area contributed by atoms with Gasteiger partial charge in [0.05, 0.1) is 12.1 Å². The van der Waals surface area contributed by atoms with Gasteiger partial charge in [-0.25, -0.2) is 9.78 Å². The number of nitrogens with zero attached hydrogens (tertiary/aromatic N) is 4. The van der Waals surface area contributed by atoms with Crippen molar-refractivity contribution in [1.82, 2.24) is 20.5 Å². The molecule has 2 aliphatic rings. The van der Waals surface area contributed by atoms with Gasteiger partial charge in [0, 0.05) is 25.3 Å². The number of aromatic nitrogens is 1. The molecular weight excluding hydrogens is 324 g/mol. The zero-order chi connectivity index (χ0) is 17.8. The van der Waals surface area contributed by atoms with Crippen molar-refractivity contribution in [2.24, 2.45) is 0 Å². The van der Waals surface area contributed by atoms with Gasteiger partial charge in [0.2, 0.25) is 5.91 Å². The van der Waals surface area contributed by atoms with Gasteiger partial charge in [-0.2, -0.15) is 5.26 Å². The van der Waals surface area contributed by atoms with Crippen molar-refractivity contribution in [1.29, 1.82) is 5.26 Å². The summed E-state index contributed by atoms with van der Waals surface area (Å²) in [4.78, 5) is 42.2. The maximum Gasteiger partial charge on any atom is 0.325 e. The molecule has 2 saturated heterocycles. The molecule has 1 aromatic heterocycles. The first-order chi connectivity index (χ1) is 12.1. The van der Waals surface area contributed by atoms with E-state index in [2.05, 4.69) is 21.7 Å². The zero-order valence-corrected chi connectivity index (χ0v) is 13.6. The molecule has 2 N–H and O–H groups in total. The van der Waals surface area contributed by atoms with E-state index in [1.807, 2.05) is 4.90 Å². The molecule has 2 aliphatic heterocycles. The van der Waals surface area contributed by atoms with Gasteiger partial charge in [-0.3, -0.25) is 14.5 Å². The van der Waals surface area contributed by atoms with E-state index in [1.165, 1.54) is 0 Å². The Morgan fingerprint density at radius 2 is 2.16 bits per heavy atom. The van der Waals surface area contributed by atoms with Crippen LogP contribution < -0.4 is 15.5 Å². The van der Waals surface area contributed by atoms with E-state index >= 15 is 0 Å². The monoisotopic (exact) mass is 342 g/mol. The van der Waals surface area contributed by atoms with E-state index in [-0.39, 0.29) is 25.0 Å². The molecule has 0 radical (unpaired) electrons. The summed E-state index contributed by atoms with van der Waals surface area (Å²) in [6.07, 6.45) is 3.06. The number of carbonyl (C=O) groups excluding carboxylic acids is 3. The van der Waals surface area contributed by atoms with E-state index in [1.54, 1.807) is 18.3 Å². The second kappa shape index (κ2) is 7.17. The third-order valence-electron chi connectivity index (χ3n) is 4.31. The fourth-order valence-corrected chi connectivity index (χ4v) is 3.00. The summed E-state index contributed by atoms with van der Waals surface area (Å²) in [5, 5.41) is 14.4. The molecule has 0 bridgehead atoms. The number of urea groups is 1. The third kappa shape index (κ3) is 3.68. The minimum absolute atomic E-state index is 0.0289. The molecule has 0 aromatic carbocycles. The molecule has 0 aliphatic carbocycles. The van der Waals surface area contributed by atoms with Gasteiger partial charge in [0.1, 0.15) is 18.4 Å². The molecule has 9 heteroatoms. The van der Waals surface area contributed by atoms with Crippen molar-refractivity contribution < 1.29 is 14.4 Å². The van der Waals surface area contributed by atoms with Crippen LogP contribution in [0, 0.1) is 11.3 Å². The molecule has 0 spiro atoms. The highest BCUT2D eigenvalue weighted by Crippen LogP contribution is 2.21. The summed E-state index contributed by atoms with van der Waals surface area (Å²) in [5.41, 5.74) is 0.531. The fourth-order valence-electron chi connectivity index (χ4n) is 3.00. The molecule has 2 fully saturated rings. The Hall–Kier alpha value is -3.15. The number of anilines is 1. The lowest BCUT2D eigenvalue weighted by Gasteiger charge is -2.33. The largest absolute Gasteiger partial charge is 0.355 e. The number of amides is 4. The Kier molecular flexibility index (Phi) is 4.79. The van der Waals surface area contributed by atoms with Crippen LogP contribution in [0.15, 0.2) is 18.3 Å². The average Bonchev–Trinajstić information content (AvgIpc) is 2.94. The summed E-state index contributed by atoms with van der Waals surface area (Å²) in [6.45, 7) is 1.01. The van der Waals surface area contributed by atoms with Crippen LogP contribution in [0.2, 0.25) is 0 Å². The topological polar surface area (TPSA) is 118 Å². The van der Waals surface area contributed by atoms with Crippen molar-refractivity contribution in [3.05, 3.63) is 23.9 Å². The summed E-state index contributed by atoms with van der Waals surface area (Å²) in [6, 6.07) is 5.03. The van der Waals surface area contributed by atoms with Crippen molar-refractivity contribution >= 4 is 23.7 Å². The number of pyridine rings is 1. The van der Waals surface area contributed by atoms with Crippen LogP contribution in [-0.2, 0) is 9.59 Å². The number of rotatable bonds is 4. The molecule has 0 atom stereocenters. The molecule has 3 rings (SSSR count). The van der Waals surface area contributed by atoms with E-state index in [0.717, 1.165) is 4.90 Å². The Bertz CT molecular complexity index is 720. The molecule has 1 aromatic rings. The lowest BCUT2D eigenvalue weighted by atomic mass is 10.0. The number of hydrogen-bond donors (Lipinski definition) is 2. The minimum Gasteiger partial charge on any atom is -0.355 e. The second-order valence-electron chi connectivity index (χ2n) is 5.95. The van der Waals surface area contributed by atoms with E-state index in [4.69, 9.17) is 5.26 Å². The first-order valence-electron chi connectivity index (χ1n) is 8.06. The number of nitriles is 1. The molecule has 0 saturated carbocycles. The van der Waals surface area contributed by atoms with Gasteiger partial charge >= 0.3 is 6.03 Å². The number of piperidine rings is 1. The summed E-state index contributed by atoms with van der Waals surface area (Å²) < 4.78 is 0. The van der Waals surface area contributed by atoms with Crippen LogP contribution in [0.25, 0.3) is 0 Å². The summed E-state index contributed by atoms with van der Waals surface area (Å²) in [5.74, 6) is -0.0809. The molecule has 130 valence electrons. The zero-order valence-electron chi connectivity index (χ0n) is 13.6. The molecule has 25 heavy (non-hydrogen) atoms. The van der Waals surface area contributed by atoms with Crippen LogP contribution in [0.1, 0.15) is 18.4 Å². The van der Waals surface area contributed by atoms with Crippen molar-refractivity contribution in [3.63, 3.8) is 0 Å². The molecular formula is C16H18N6O3. The number of nitrogens with one attached hydrogen (secondary N) is 2. The Balaban J connectivity index is 1.51. The number of hydrogen-bond acceptors (Lipinski definition) is 6. The van der Waals surface area contributed by atoms with Crippen molar-refractivity contribution in [2.75, 3.05) is 31.1 Å². The predicted molar refractivity (Wildman–Crippen MR) is 87.4 cm³/mol. The number of imide groups is 1. The Morgan fingerprint density at radius 3 is 2.80 bits per heavy atom. The van der Waals surface area contributed by atoms with Gasteiger partial charge in [0.25, 0.3) is 5.91 Å². The molecule has 0 unspecified atom stereocenters. The lowest BCUT2D eigenvalue weighted by molar-refractivity contribution is -0.131. The molecule has 4 amide bonds. The standard InChI is InChI=1S/C16H18N6O3/c17-8-11-2-1-5-18-15(11)21-6-3-12(4-7-21)20-13(23)10-22-14(24)9-19-16(22)25/h1-2,5,12H,3-4,6-7,9-10H2,(H,19,25)(H,20,23). The van der Waals surface area contributed by atoms with Crippen LogP contribution in [0.3, 0.4) is 0 Å². The van der Waals surface area contributed by atoms with Gasteiger partial charge in [-0.15, -0.1) is 0 Å². The van der Waals surface area contributed by atoms with E-state index in [9.17, 15) is 14.4 Å². The van der Waals surface area contributed by atoms with Crippen LogP contribution in [0.4, 0.5) is 10.6 Å². The van der Waals surface area contributed by atoms with Crippen molar-refractivity contribution in [2.45, 2.75) is 18.9 Å². The van der Waals surface area contributed by atoms with Gasteiger partial charge in [-0.05, 0) is 25.0 Å². The normalized spacial score (nSPS) is 18.0. The summed E-state index contributed by atoms with van der Waals surface area (Å²) in [7, 11) is 0. The first kappa shape index (κ1) is 16.7. The van der Waals surface area contributed by atoms with Crippen LogP contribution in [-0.4, -0.2) is 60.0 Å². The first-order valence-corrected chi connectivity index (χ1v) is 8.06. The highest BCUT2D eigenvalue weighted by molar-refractivity contribution is 6.04. The lowest BCUT2D eigenvalue weighted by Crippen LogP contribution is -2.48. The maximum atomic E-state index is 12.1. The third-order valence-corrected chi connectivity index (χ3v) is 4.31. The molecule has 9 nitrogen and oxygen atoms in total. The predicted octanol–water partition coefficient (Wildman–Crippen LogP) is -0.410. The smallest absolute Gasteiger partial charge is 0.325 e. The average molecular weight is 342 g/mol. The van der Waals surface area contributed by atoms with Crippen LogP contribution >= 0.6 is 0 Å². The highest BCUT2D eigenvalue weighted by atomic mass is 16.2. The Morgan fingerprint density at radius 1 is 1.40 bits per heavy atom. The maximum absolute atomic E-state index is 12.1. The van der Waals surface area contributed by atoms with E-state index < -0.39 is 11.9 Å². The highest BCUT2D eigenvalue weighted by Gasteiger charge is 2.31. The van der Waals surface area contributed by atoms with Gasteiger partial charge in [0.15, 0.2) is 0 Å². The fraction of sp³-hybridized carbons (Fsp3) is 0.438. The number of carbonyl (C=O) groups is 3.